The van der Waals surface area contributed by atoms with Gasteiger partial charge in [-0.3, -0.25) is 9.79 Å². The number of fused-ring (bicyclic) bond motifs is 2. The summed E-state index contributed by atoms with van der Waals surface area (Å²) in [4.78, 5) is 27.3. The van der Waals surface area contributed by atoms with Crippen molar-refractivity contribution in [3.8, 4) is 0 Å². The second kappa shape index (κ2) is 8.39. The van der Waals surface area contributed by atoms with Crippen LogP contribution in [0.2, 0.25) is 0 Å². The molecule has 2 saturated heterocycles. The van der Waals surface area contributed by atoms with Crippen LogP contribution in [-0.4, -0.2) is 63.0 Å². The molecule has 0 bridgehead atoms. The molecular formula is C25H30N8O. The molecule has 1 amide bonds. The number of hydrogen-bond acceptors (Lipinski definition) is 7. The van der Waals surface area contributed by atoms with E-state index in [1.807, 2.05) is 52.2 Å². The van der Waals surface area contributed by atoms with E-state index in [0.717, 1.165) is 67.1 Å². The molecule has 2 aromatic heterocycles. The second-order valence-corrected chi connectivity index (χ2v) is 9.57. The Morgan fingerprint density at radius 2 is 2.12 bits per heavy atom. The van der Waals surface area contributed by atoms with Gasteiger partial charge in [-0.2, -0.15) is 5.10 Å². The summed E-state index contributed by atoms with van der Waals surface area (Å²) in [6, 6.07) is 2.14. The van der Waals surface area contributed by atoms with Gasteiger partial charge >= 0.3 is 0 Å². The van der Waals surface area contributed by atoms with Crippen LogP contribution in [0, 0.1) is 6.92 Å². The van der Waals surface area contributed by atoms with Gasteiger partial charge in [0.25, 0.3) is 5.91 Å². The van der Waals surface area contributed by atoms with Crippen molar-refractivity contribution in [3.63, 3.8) is 0 Å². The first-order valence-corrected chi connectivity index (χ1v) is 12.1. The fraction of sp³-hybridized carbons (Fsp3) is 0.440. The lowest BCUT2D eigenvalue weighted by Gasteiger charge is -2.35. The molecule has 3 atom stereocenters. The predicted molar refractivity (Wildman–Crippen MR) is 132 cm³/mol. The van der Waals surface area contributed by atoms with Gasteiger partial charge in [0.2, 0.25) is 0 Å². The Morgan fingerprint density at radius 1 is 1.21 bits per heavy atom. The summed E-state index contributed by atoms with van der Waals surface area (Å²) in [5.74, 6) is 0.937. The van der Waals surface area contributed by atoms with E-state index in [4.69, 9.17) is 15.8 Å². The van der Waals surface area contributed by atoms with Gasteiger partial charge in [0.1, 0.15) is 17.7 Å². The van der Waals surface area contributed by atoms with E-state index in [9.17, 15) is 4.79 Å². The summed E-state index contributed by atoms with van der Waals surface area (Å²) in [6.07, 6.45) is 15.4. The molecule has 1 unspecified atom stereocenters. The maximum atomic E-state index is 13.5. The number of nitrogens with zero attached hydrogens (tertiary/aromatic N) is 6. The molecule has 2 fully saturated rings. The molecule has 9 nitrogen and oxygen atoms in total. The number of rotatable bonds is 3. The number of nitrogens with two attached hydrogens (primary N) is 1. The van der Waals surface area contributed by atoms with E-state index in [1.165, 1.54) is 0 Å². The number of aromatic nitrogens is 3. The maximum absolute atomic E-state index is 13.5. The standard InChI is InChI=1S/C25H30N8O/c1-16-14-33-22(29-24(16)31-12-9-18(26)15-31)13-20(30-33)21-6-2-3-11-32(21)25(34)19-8-7-17-5-4-10-27-23(17)28-19/h4-5,7-8,10,13-14,18,21,23,27H,2-3,6,9,11-12,15,26H2,1H3/t18-,21-,23?/m0/s1. The number of carbonyl (C=O) groups is 1. The number of carbonyl (C=O) groups excluding carboxylic acids is 1. The average molecular weight is 459 g/mol. The van der Waals surface area contributed by atoms with Crippen LogP contribution in [0.5, 0.6) is 0 Å². The van der Waals surface area contributed by atoms with Gasteiger partial charge in [0.05, 0.1) is 11.7 Å². The molecule has 0 radical (unpaired) electrons. The normalized spacial score (nSPS) is 26.4. The van der Waals surface area contributed by atoms with E-state index in [-0.39, 0.29) is 24.2 Å². The summed E-state index contributed by atoms with van der Waals surface area (Å²) in [7, 11) is 0. The van der Waals surface area contributed by atoms with Crippen LogP contribution in [0.15, 0.2) is 53.3 Å². The molecule has 9 heteroatoms. The zero-order chi connectivity index (χ0) is 23.2. The first kappa shape index (κ1) is 21.1. The third-order valence-corrected chi connectivity index (χ3v) is 7.13. The molecule has 34 heavy (non-hydrogen) atoms. The molecule has 2 aromatic rings. The highest BCUT2D eigenvalue weighted by Crippen LogP contribution is 2.32. The minimum absolute atomic E-state index is 0.0377. The van der Waals surface area contributed by atoms with Crippen LogP contribution >= 0.6 is 0 Å². The van der Waals surface area contributed by atoms with Crippen molar-refractivity contribution in [1.82, 2.24) is 24.8 Å². The summed E-state index contributed by atoms with van der Waals surface area (Å²) in [5.41, 5.74) is 10.4. The Bertz CT molecular complexity index is 1260. The zero-order valence-corrected chi connectivity index (χ0v) is 19.4. The van der Waals surface area contributed by atoms with Crippen molar-refractivity contribution in [2.24, 2.45) is 10.7 Å². The number of amides is 1. The molecule has 0 aromatic carbocycles. The number of nitrogens with one attached hydrogen (secondary N) is 1. The molecule has 4 aliphatic heterocycles. The largest absolute Gasteiger partial charge is 0.366 e. The van der Waals surface area contributed by atoms with Gasteiger partial charge in [0.15, 0.2) is 5.65 Å². The van der Waals surface area contributed by atoms with Crippen LogP contribution in [0.25, 0.3) is 5.65 Å². The molecule has 4 aliphatic rings. The lowest BCUT2D eigenvalue weighted by molar-refractivity contribution is -0.127. The van der Waals surface area contributed by atoms with Crippen molar-refractivity contribution < 1.29 is 4.79 Å². The number of aliphatic imine (C=N–C) groups is 1. The lowest BCUT2D eigenvalue weighted by Crippen LogP contribution is -2.43. The van der Waals surface area contributed by atoms with Gasteiger partial charge in [-0.15, -0.1) is 0 Å². The Balaban J connectivity index is 1.29. The maximum Gasteiger partial charge on any atom is 0.272 e. The van der Waals surface area contributed by atoms with Crippen molar-refractivity contribution >= 4 is 23.1 Å². The molecule has 0 aliphatic carbocycles. The number of dihydropyridines is 2. The highest BCUT2D eigenvalue weighted by Gasteiger charge is 2.33. The molecule has 3 N–H and O–H groups in total. The van der Waals surface area contributed by atoms with E-state index < -0.39 is 0 Å². The highest BCUT2D eigenvalue weighted by molar-refractivity contribution is 6.43. The number of hydrogen-bond donors (Lipinski definition) is 2. The Labute approximate surface area is 198 Å². The third-order valence-electron chi connectivity index (χ3n) is 7.13. The monoisotopic (exact) mass is 458 g/mol. The Kier molecular flexibility index (Phi) is 5.21. The molecule has 6 heterocycles. The number of likely N-dealkylation sites (tertiary alicyclic amines) is 1. The number of piperidine rings is 1. The zero-order valence-electron chi connectivity index (χ0n) is 19.4. The van der Waals surface area contributed by atoms with E-state index in [2.05, 4.69) is 22.1 Å². The van der Waals surface area contributed by atoms with Gasteiger partial charge in [-0.05, 0) is 56.5 Å². The van der Waals surface area contributed by atoms with Crippen molar-refractivity contribution in [2.75, 3.05) is 24.5 Å². The minimum atomic E-state index is -0.198. The van der Waals surface area contributed by atoms with Crippen molar-refractivity contribution in [2.45, 2.75) is 50.9 Å². The van der Waals surface area contributed by atoms with Crippen LogP contribution < -0.4 is 16.0 Å². The van der Waals surface area contributed by atoms with Gasteiger partial charge in [-0.1, -0.05) is 12.2 Å². The third kappa shape index (κ3) is 3.69. The van der Waals surface area contributed by atoms with Crippen LogP contribution in [0.1, 0.15) is 43.0 Å². The summed E-state index contributed by atoms with van der Waals surface area (Å²) in [5, 5.41) is 8.06. The molecule has 6 rings (SSSR count). The molecule has 176 valence electrons. The molecular weight excluding hydrogens is 428 g/mol. The molecule has 0 spiro atoms. The summed E-state index contributed by atoms with van der Waals surface area (Å²) < 4.78 is 1.84. The number of aryl methyl sites for hydroxylation is 1. The Hall–Kier alpha value is -3.46. The van der Waals surface area contributed by atoms with Crippen LogP contribution in [0.4, 0.5) is 5.82 Å². The van der Waals surface area contributed by atoms with Crippen LogP contribution in [-0.2, 0) is 4.79 Å². The average Bonchev–Trinajstić information content (AvgIpc) is 3.48. The van der Waals surface area contributed by atoms with Crippen molar-refractivity contribution in [1.29, 1.82) is 0 Å². The van der Waals surface area contributed by atoms with Gasteiger partial charge in [0, 0.05) is 43.5 Å². The first-order chi connectivity index (χ1) is 16.6. The minimum Gasteiger partial charge on any atom is -0.366 e. The van der Waals surface area contributed by atoms with Crippen molar-refractivity contribution in [3.05, 3.63) is 59.6 Å². The summed E-state index contributed by atoms with van der Waals surface area (Å²) in [6.45, 7) is 4.52. The lowest BCUT2D eigenvalue weighted by atomic mass is 9.98. The topological polar surface area (TPSA) is 104 Å². The van der Waals surface area contributed by atoms with Gasteiger partial charge < -0.3 is 20.9 Å². The molecule has 0 saturated carbocycles. The predicted octanol–water partition coefficient (Wildman–Crippen LogP) is 2.01. The number of allylic oxidation sites excluding steroid dienone is 2. The highest BCUT2D eigenvalue weighted by atomic mass is 16.2. The second-order valence-electron chi connectivity index (χ2n) is 9.57. The number of anilines is 1. The first-order valence-electron chi connectivity index (χ1n) is 12.1. The fourth-order valence-corrected chi connectivity index (χ4v) is 5.35. The van der Waals surface area contributed by atoms with E-state index >= 15 is 0 Å². The quantitative estimate of drug-likeness (QED) is 0.729. The van der Waals surface area contributed by atoms with Gasteiger partial charge in [-0.25, -0.2) is 9.50 Å². The fourth-order valence-electron chi connectivity index (χ4n) is 5.35. The SMILES string of the molecule is Cc1cn2nc([C@@H]3CCCCN3C(=O)C3=NC4NC=CC=C4C=C3)cc2nc1N1CC[C@H](N)C1. The summed E-state index contributed by atoms with van der Waals surface area (Å²) >= 11 is 0. The van der Waals surface area contributed by atoms with E-state index in [0.29, 0.717) is 12.3 Å². The van der Waals surface area contributed by atoms with E-state index in [1.54, 1.807) is 0 Å². The smallest absolute Gasteiger partial charge is 0.272 e. The Morgan fingerprint density at radius 3 is 2.97 bits per heavy atom. The van der Waals surface area contributed by atoms with Crippen LogP contribution in [0.3, 0.4) is 0 Å².